The van der Waals surface area contributed by atoms with E-state index in [-0.39, 0.29) is 12.0 Å². The van der Waals surface area contributed by atoms with Crippen molar-refractivity contribution >= 4 is 16.8 Å². The van der Waals surface area contributed by atoms with Gasteiger partial charge in [0.25, 0.3) is 0 Å². The van der Waals surface area contributed by atoms with Crippen LogP contribution >= 0.6 is 0 Å². The molecule has 19 heavy (non-hydrogen) atoms. The van der Waals surface area contributed by atoms with E-state index in [1.54, 1.807) is 13.8 Å². The number of rotatable bonds is 10. The molecule has 0 aliphatic heterocycles. The Morgan fingerprint density at radius 2 is 1.53 bits per heavy atom. The van der Waals surface area contributed by atoms with Crippen molar-refractivity contribution in [3.8, 4) is 0 Å². The standard InChI is InChI=1S/C14H28O4S/c1-13(2,11-15)7-5-9-19(18)10-6-8-14(3,4)12(16)17/h15H,5-11H2,1-4H3,(H,16,17). The minimum Gasteiger partial charge on any atom is -0.481 e. The SMILES string of the molecule is CC(C)(CO)CCCS(=O)CCCC(C)(C)C(=O)O. The van der Waals surface area contributed by atoms with Crippen molar-refractivity contribution in [1.29, 1.82) is 0 Å². The number of aliphatic hydroxyl groups is 1. The molecule has 0 amide bonds. The lowest BCUT2D eigenvalue weighted by molar-refractivity contribution is -0.147. The summed E-state index contributed by atoms with van der Waals surface area (Å²) in [7, 11) is -0.879. The summed E-state index contributed by atoms with van der Waals surface area (Å²) < 4.78 is 11.8. The molecule has 0 heterocycles. The van der Waals surface area contributed by atoms with E-state index in [1.807, 2.05) is 13.8 Å². The summed E-state index contributed by atoms with van der Waals surface area (Å²) in [6.07, 6.45) is 2.92. The third-order valence-corrected chi connectivity index (χ3v) is 4.89. The molecule has 0 aromatic heterocycles. The van der Waals surface area contributed by atoms with Crippen LogP contribution in [-0.2, 0) is 15.6 Å². The first-order chi connectivity index (χ1) is 8.60. The van der Waals surface area contributed by atoms with Crippen LogP contribution in [0.15, 0.2) is 0 Å². The van der Waals surface area contributed by atoms with E-state index in [2.05, 4.69) is 0 Å². The molecule has 0 saturated carbocycles. The molecule has 2 N–H and O–H groups in total. The van der Waals surface area contributed by atoms with Crippen LogP contribution in [0, 0.1) is 10.8 Å². The summed E-state index contributed by atoms with van der Waals surface area (Å²) in [6.45, 7) is 7.52. The Hall–Kier alpha value is -0.420. The fourth-order valence-corrected chi connectivity index (χ4v) is 2.81. The van der Waals surface area contributed by atoms with Crippen LogP contribution in [0.25, 0.3) is 0 Å². The molecule has 5 heteroatoms. The van der Waals surface area contributed by atoms with E-state index in [0.29, 0.717) is 24.3 Å². The highest BCUT2D eigenvalue weighted by Gasteiger charge is 2.26. The van der Waals surface area contributed by atoms with E-state index < -0.39 is 22.2 Å². The minimum absolute atomic E-state index is 0.102. The number of hydrogen-bond acceptors (Lipinski definition) is 3. The molecule has 0 saturated heterocycles. The molecule has 0 rings (SSSR count). The summed E-state index contributed by atoms with van der Waals surface area (Å²) in [4.78, 5) is 10.9. The van der Waals surface area contributed by atoms with Crippen LogP contribution in [0.5, 0.6) is 0 Å². The van der Waals surface area contributed by atoms with Gasteiger partial charge in [0, 0.05) is 28.9 Å². The Kier molecular flexibility index (Phi) is 7.82. The normalized spacial score (nSPS) is 14.4. The first-order valence-electron chi connectivity index (χ1n) is 6.80. The van der Waals surface area contributed by atoms with Crippen molar-refractivity contribution in [3.05, 3.63) is 0 Å². The fourth-order valence-electron chi connectivity index (χ4n) is 1.67. The van der Waals surface area contributed by atoms with Crippen molar-refractivity contribution in [3.63, 3.8) is 0 Å². The van der Waals surface area contributed by atoms with Crippen molar-refractivity contribution in [2.75, 3.05) is 18.1 Å². The lowest BCUT2D eigenvalue weighted by atomic mass is 9.88. The van der Waals surface area contributed by atoms with Gasteiger partial charge >= 0.3 is 5.97 Å². The summed E-state index contributed by atoms with van der Waals surface area (Å²) >= 11 is 0. The highest BCUT2D eigenvalue weighted by atomic mass is 32.2. The zero-order valence-corrected chi connectivity index (χ0v) is 13.4. The second-order valence-corrected chi connectivity index (χ2v) is 8.26. The quantitative estimate of drug-likeness (QED) is 0.648. The van der Waals surface area contributed by atoms with Crippen molar-refractivity contribution in [2.45, 2.75) is 53.4 Å². The highest BCUT2D eigenvalue weighted by molar-refractivity contribution is 7.84. The Balaban J connectivity index is 3.81. The first-order valence-corrected chi connectivity index (χ1v) is 8.29. The Morgan fingerprint density at radius 1 is 1.05 bits per heavy atom. The van der Waals surface area contributed by atoms with Gasteiger partial charge in [-0.3, -0.25) is 9.00 Å². The van der Waals surface area contributed by atoms with E-state index >= 15 is 0 Å². The molecule has 0 aromatic carbocycles. The molecule has 0 bridgehead atoms. The largest absolute Gasteiger partial charge is 0.481 e. The lowest BCUT2D eigenvalue weighted by Gasteiger charge is -2.21. The number of hydrogen-bond donors (Lipinski definition) is 2. The van der Waals surface area contributed by atoms with Crippen LogP contribution in [0.4, 0.5) is 0 Å². The zero-order valence-electron chi connectivity index (χ0n) is 12.6. The molecule has 0 aromatic rings. The molecule has 0 aliphatic rings. The molecule has 1 atom stereocenters. The average molecular weight is 292 g/mol. The van der Waals surface area contributed by atoms with E-state index in [1.165, 1.54) is 0 Å². The third kappa shape index (κ3) is 8.37. The topological polar surface area (TPSA) is 74.6 Å². The molecule has 0 spiro atoms. The highest BCUT2D eigenvalue weighted by Crippen LogP contribution is 2.23. The van der Waals surface area contributed by atoms with Crippen LogP contribution in [0.3, 0.4) is 0 Å². The molecular formula is C14H28O4S. The predicted molar refractivity (Wildman–Crippen MR) is 78.6 cm³/mol. The molecule has 4 nitrogen and oxygen atoms in total. The van der Waals surface area contributed by atoms with Gasteiger partial charge in [0.05, 0.1) is 5.41 Å². The van der Waals surface area contributed by atoms with Crippen molar-refractivity contribution in [1.82, 2.24) is 0 Å². The lowest BCUT2D eigenvalue weighted by Crippen LogP contribution is -2.24. The number of aliphatic carboxylic acids is 1. The van der Waals surface area contributed by atoms with Gasteiger partial charge in [-0.2, -0.15) is 0 Å². The number of aliphatic hydroxyl groups excluding tert-OH is 1. The molecule has 1 unspecified atom stereocenters. The molecule has 0 fully saturated rings. The Bertz CT molecular complexity index is 311. The number of carbonyl (C=O) groups is 1. The van der Waals surface area contributed by atoms with Gasteiger partial charge in [-0.25, -0.2) is 0 Å². The number of carboxylic acid groups (broad SMARTS) is 1. The maximum Gasteiger partial charge on any atom is 0.309 e. The second kappa shape index (κ2) is 8.00. The number of carboxylic acids is 1. The second-order valence-electron chi connectivity index (χ2n) is 6.57. The van der Waals surface area contributed by atoms with Crippen LogP contribution < -0.4 is 0 Å². The molecular weight excluding hydrogens is 264 g/mol. The maximum atomic E-state index is 11.8. The van der Waals surface area contributed by atoms with Crippen molar-refractivity contribution in [2.24, 2.45) is 10.8 Å². The Labute approximate surface area is 119 Å². The van der Waals surface area contributed by atoms with Crippen LogP contribution in [-0.4, -0.2) is 38.5 Å². The summed E-state index contributed by atoms with van der Waals surface area (Å²) in [5, 5.41) is 18.1. The smallest absolute Gasteiger partial charge is 0.309 e. The van der Waals surface area contributed by atoms with Crippen molar-refractivity contribution < 1.29 is 19.2 Å². The van der Waals surface area contributed by atoms with E-state index in [4.69, 9.17) is 10.2 Å². The average Bonchev–Trinajstić information content (AvgIpc) is 2.28. The van der Waals surface area contributed by atoms with E-state index in [0.717, 1.165) is 12.8 Å². The van der Waals surface area contributed by atoms with Gasteiger partial charge in [0.1, 0.15) is 0 Å². The van der Waals surface area contributed by atoms with Gasteiger partial charge in [0.2, 0.25) is 0 Å². The first kappa shape index (κ1) is 18.6. The van der Waals surface area contributed by atoms with Crippen LogP contribution in [0.1, 0.15) is 53.4 Å². The summed E-state index contributed by atoms with van der Waals surface area (Å²) in [5.41, 5.74) is -0.835. The van der Waals surface area contributed by atoms with Crippen LogP contribution in [0.2, 0.25) is 0 Å². The van der Waals surface area contributed by atoms with Gasteiger partial charge in [-0.1, -0.05) is 13.8 Å². The predicted octanol–water partition coefficient (Wildman–Crippen LogP) is 2.42. The minimum atomic E-state index is -0.879. The van der Waals surface area contributed by atoms with Gasteiger partial charge < -0.3 is 10.2 Å². The maximum absolute atomic E-state index is 11.8. The summed E-state index contributed by atoms with van der Waals surface area (Å²) in [5.74, 6) is 0.399. The summed E-state index contributed by atoms with van der Waals surface area (Å²) in [6, 6.07) is 0. The van der Waals surface area contributed by atoms with Gasteiger partial charge in [-0.15, -0.1) is 0 Å². The third-order valence-electron chi connectivity index (χ3n) is 3.41. The van der Waals surface area contributed by atoms with Gasteiger partial charge in [-0.05, 0) is 44.9 Å². The van der Waals surface area contributed by atoms with E-state index in [9.17, 15) is 9.00 Å². The molecule has 0 aliphatic carbocycles. The molecule has 114 valence electrons. The zero-order chi connectivity index (χ0) is 15.1. The Morgan fingerprint density at radius 3 is 1.95 bits per heavy atom. The fraction of sp³-hybridized carbons (Fsp3) is 0.929. The molecule has 0 radical (unpaired) electrons. The monoisotopic (exact) mass is 292 g/mol. The van der Waals surface area contributed by atoms with Gasteiger partial charge in [0.15, 0.2) is 0 Å².